The maximum atomic E-state index is 13.0. The third-order valence-electron chi connectivity index (χ3n) is 5.69. The van der Waals surface area contributed by atoms with Crippen LogP contribution in [0.5, 0.6) is 0 Å². The molecule has 33 heavy (non-hydrogen) atoms. The predicted molar refractivity (Wildman–Crippen MR) is 127 cm³/mol. The van der Waals surface area contributed by atoms with Gasteiger partial charge < -0.3 is 15.5 Å². The van der Waals surface area contributed by atoms with Gasteiger partial charge in [-0.2, -0.15) is 0 Å². The van der Waals surface area contributed by atoms with Gasteiger partial charge in [-0.1, -0.05) is 36.4 Å². The fraction of sp³-hybridized carbons (Fsp3) is 0.200. The first-order valence-corrected chi connectivity index (χ1v) is 10.8. The second-order valence-electron chi connectivity index (χ2n) is 7.90. The van der Waals surface area contributed by atoms with E-state index >= 15 is 0 Å². The number of amides is 2. The molecule has 1 aliphatic rings. The van der Waals surface area contributed by atoms with E-state index in [9.17, 15) is 19.7 Å². The smallest absolute Gasteiger partial charge is 0.293 e. The number of anilines is 3. The van der Waals surface area contributed by atoms with Crippen molar-refractivity contribution in [3.8, 4) is 0 Å². The molecule has 8 heteroatoms. The molecular formula is C25H24N4O4. The summed E-state index contributed by atoms with van der Waals surface area (Å²) >= 11 is 0. The first-order valence-electron chi connectivity index (χ1n) is 10.8. The number of nitro groups is 1. The summed E-state index contributed by atoms with van der Waals surface area (Å²) < 4.78 is 0. The van der Waals surface area contributed by atoms with Crippen molar-refractivity contribution in [2.75, 3.05) is 23.7 Å². The zero-order chi connectivity index (χ0) is 23.2. The molecule has 0 spiro atoms. The highest BCUT2D eigenvalue weighted by Gasteiger charge is 2.29. The Morgan fingerprint density at radius 2 is 1.48 bits per heavy atom. The molecule has 1 fully saturated rings. The number of carbonyl (C=O) groups is 2. The minimum Gasteiger partial charge on any atom is -0.350 e. The van der Waals surface area contributed by atoms with Gasteiger partial charge in [-0.25, -0.2) is 0 Å². The van der Waals surface area contributed by atoms with Crippen molar-refractivity contribution in [1.29, 1.82) is 0 Å². The summed E-state index contributed by atoms with van der Waals surface area (Å²) in [6.07, 6.45) is 1.08. The lowest BCUT2D eigenvalue weighted by Gasteiger charge is -2.31. The molecule has 3 aromatic rings. The third kappa shape index (κ3) is 5.35. The van der Waals surface area contributed by atoms with Gasteiger partial charge in [0.05, 0.1) is 4.92 Å². The molecule has 3 aromatic carbocycles. The van der Waals surface area contributed by atoms with E-state index in [-0.39, 0.29) is 29.0 Å². The van der Waals surface area contributed by atoms with Crippen LogP contribution in [0.25, 0.3) is 0 Å². The number of hydrogen-bond acceptors (Lipinski definition) is 5. The van der Waals surface area contributed by atoms with Crippen LogP contribution in [0.15, 0.2) is 78.9 Å². The molecule has 0 atom stereocenters. The summed E-state index contributed by atoms with van der Waals surface area (Å²) in [6, 6.07) is 22.8. The van der Waals surface area contributed by atoms with Crippen LogP contribution in [-0.4, -0.2) is 34.7 Å². The van der Waals surface area contributed by atoms with Gasteiger partial charge in [0.2, 0.25) is 5.91 Å². The second-order valence-corrected chi connectivity index (χ2v) is 7.90. The minimum absolute atomic E-state index is 0.0553. The van der Waals surface area contributed by atoms with Gasteiger partial charge in [0.25, 0.3) is 11.6 Å². The van der Waals surface area contributed by atoms with Crippen LogP contribution in [0, 0.1) is 16.0 Å². The largest absolute Gasteiger partial charge is 0.350 e. The monoisotopic (exact) mass is 444 g/mol. The Morgan fingerprint density at radius 3 is 2.09 bits per heavy atom. The van der Waals surface area contributed by atoms with Gasteiger partial charge in [0.15, 0.2) is 0 Å². The van der Waals surface area contributed by atoms with Gasteiger partial charge >= 0.3 is 0 Å². The highest BCUT2D eigenvalue weighted by molar-refractivity contribution is 5.96. The Labute approximate surface area is 191 Å². The topological polar surface area (TPSA) is 105 Å². The van der Waals surface area contributed by atoms with Gasteiger partial charge in [-0.15, -0.1) is 0 Å². The quantitative estimate of drug-likeness (QED) is 0.419. The predicted octanol–water partition coefficient (Wildman–Crippen LogP) is 4.83. The normalized spacial score (nSPS) is 13.9. The SMILES string of the molecule is O=C(Nc1ccccc1)C1CCN(C(=O)c2ccc(Nc3ccccc3)c([N+](=O)[O-])c2)CC1. The Kier molecular flexibility index (Phi) is 6.64. The zero-order valence-corrected chi connectivity index (χ0v) is 17.9. The number of nitro benzene ring substituents is 1. The Bertz CT molecular complexity index is 1140. The van der Waals surface area contributed by atoms with Crippen LogP contribution >= 0.6 is 0 Å². The van der Waals surface area contributed by atoms with Crippen molar-refractivity contribution in [1.82, 2.24) is 4.90 Å². The summed E-state index contributed by atoms with van der Waals surface area (Å²) in [6.45, 7) is 0.840. The zero-order valence-electron chi connectivity index (χ0n) is 17.9. The number of nitrogens with zero attached hydrogens (tertiary/aromatic N) is 2. The third-order valence-corrected chi connectivity index (χ3v) is 5.69. The van der Waals surface area contributed by atoms with E-state index in [4.69, 9.17) is 0 Å². The van der Waals surface area contributed by atoms with E-state index < -0.39 is 4.92 Å². The number of piperidine rings is 1. The molecule has 0 bridgehead atoms. The van der Waals surface area contributed by atoms with Crippen LogP contribution in [0.4, 0.5) is 22.7 Å². The Morgan fingerprint density at radius 1 is 0.879 bits per heavy atom. The fourth-order valence-electron chi connectivity index (χ4n) is 3.89. The van der Waals surface area contributed by atoms with E-state index in [2.05, 4.69) is 10.6 Å². The lowest BCUT2D eigenvalue weighted by atomic mass is 9.95. The summed E-state index contributed by atoms with van der Waals surface area (Å²) in [5.41, 5.74) is 1.88. The minimum atomic E-state index is -0.498. The summed E-state index contributed by atoms with van der Waals surface area (Å²) in [5, 5.41) is 17.6. The number of benzene rings is 3. The molecule has 0 saturated carbocycles. The van der Waals surface area contributed by atoms with Crippen molar-refractivity contribution in [3.63, 3.8) is 0 Å². The standard InChI is InChI=1S/C25H24N4O4/c30-24(27-21-9-5-2-6-10-21)18-13-15-28(16-14-18)25(31)19-11-12-22(23(17-19)29(32)33)26-20-7-3-1-4-8-20/h1-12,17-18,26H,13-16H2,(H,27,30). The lowest BCUT2D eigenvalue weighted by Crippen LogP contribution is -2.41. The molecule has 0 unspecified atom stereocenters. The molecule has 0 radical (unpaired) electrons. The average Bonchev–Trinajstić information content (AvgIpc) is 2.85. The maximum absolute atomic E-state index is 13.0. The Hall–Kier alpha value is -4.20. The molecule has 168 valence electrons. The number of carbonyl (C=O) groups excluding carboxylic acids is 2. The molecule has 0 aromatic heterocycles. The van der Waals surface area contributed by atoms with E-state index in [1.807, 2.05) is 48.5 Å². The molecule has 1 saturated heterocycles. The second kappa shape index (κ2) is 9.95. The van der Waals surface area contributed by atoms with Gasteiger partial charge in [0.1, 0.15) is 5.69 Å². The number of likely N-dealkylation sites (tertiary alicyclic amines) is 1. The first kappa shape index (κ1) is 22.0. The average molecular weight is 444 g/mol. The van der Waals surface area contributed by atoms with Crippen molar-refractivity contribution >= 4 is 34.6 Å². The molecule has 1 aliphatic heterocycles. The highest BCUT2D eigenvalue weighted by Crippen LogP contribution is 2.30. The number of rotatable bonds is 6. The van der Waals surface area contributed by atoms with E-state index in [0.717, 1.165) is 11.4 Å². The van der Waals surface area contributed by atoms with E-state index in [1.165, 1.54) is 6.07 Å². The van der Waals surface area contributed by atoms with Crippen molar-refractivity contribution in [3.05, 3.63) is 94.5 Å². The van der Waals surface area contributed by atoms with Gasteiger partial charge in [0, 0.05) is 42.0 Å². The van der Waals surface area contributed by atoms with Crippen LogP contribution < -0.4 is 10.6 Å². The van der Waals surface area contributed by atoms with Crippen molar-refractivity contribution in [2.24, 2.45) is 5.92 Å². The highest BCUT2D eigenvalue weighted by atomic mass is 16.6. The van der Waals surface area contributed by atoms with Gasteiger partial charge in [-0.3, -0.25) is 19.7 Å². The van der Waals surface area contributed by atoms with Crippen LogP contribution in [0.3, 0.4) is 0 Å². The van der Waals surface area contributed by atoms with Crippen molar-refractivity contribution in [2.45, 2.75) is 12.8 Å². The van der Waals surface area contributed by atoms with E-state index in [0.29, 0.717) is 31.6 Å². The lowest BCUT2D eigenvalue weighted by molar-refractivity contribution is -0.383. The van der Waals surface area contributed by atoms with Crippen molar-refractivity contribution < 1.29 is 14.5 Å². The maximum Gasteiger partial charge on any atom is 0.293 e. The molecule has 2 N–H and O–H groups in total. The number of para-hydroxylation sites is 2. The van der Waals surface area contributed by atoms with Crippen LogP contribution in [0.1, 0.15) is 23.2 Å². The number of nitrogens with one attached hydrogen (secondary N) is 2. The number of hydrogen-bond donors (Lipinski definition) is 2. The summed E-state index contributed by atoms with van der Waals surface area (Å²) in [5.74, 6) is -0.507. The van der Waals surface area contributed by atoms with Crippen LogP contribution in [-0.2, 0) is 4.79 Å². The molecule has 1 heterocycles. The molecule has 8 nitrogen and oxygen atoms in total. The molecule has 4 rings (SSSR count). The first-order chi connectivity index (χ1) is 16.0. The molecule has 0 aliphatic carbocycles. The van der Waals surface area contributed by atoms with Crippen LogP contribution in [0.2, 0.25) is 0 Å². The molecule has 2 amide bonds. The summed E-state index contributed by atoms with van der Waals surface area (Å²) in [4.78, 5) is 38.3. The Balaban J connectivity index is 1.40. The fourth-order valence-corrected chi connectivity index (χ4v) is 3.89. The van der Waals surface area contributed by atoms with Gasteiger partial charge in [-0.05, 0) is 49.2 Å². The molecular weight excluding hydrogens is 420 g/mol. The summed E-state index contributed by atoms with van der Waals surface area (Å²) in [7, 11) is 0. The van der Waals surface area contributed by atoms with E-state index in [1.54, 1.807) is 29.2 Å².